The predicted molar refractivity (Wildman–Crippen MR) is 84.7 cm³/mol. The third kappa shape index (κ3) is 6.77. The number of hydrogen-bond acceptors (Lipinski definition) is 4. The summed E-state index contributed by atoms with van der Waals surface area (Å²) in [6.45, 7) is 0.549. The molecule has 1 heterocycles. The fraction of sp³-hybridized carbons (Fsp3) is 0.312. The predicted octanol–water partition coefficient (Wildman–Crippen LogP) is 0.844. The van der Waals surface area contributed by atoms with Crippen LogP contribution >= 0.6 is 0 Å². The van der Waals surface area contributed by atoms with Gasteiger partial charge in [-0.15, -0.1) is 0 Å². The van der Waals surface area contributed by atoms with Crippen LogP contribution in [0.5, 0.6) is 5.75 Å². The van der Waals surface area contributed by atoms with E-state index in [1.807, 2.05) is 30.3 Å². The van der Waals surface area contributed by atoms with Crippen molar-refractivity contribution in [3.05, 3.63) is 60.4 Å². The summed E-state index contributed by atoms with van der Waals surface area (Å²) in [6, 6.07) is 12.8. The Labute approximate surface area is 135 Å². The Morgan fingerprint density at radius 1 is 1.09 bits per heavy atom. The number of para-hydroxylation sites is 1. The summed E-state index contributed by atoms with van der Waals surface area (Å²) < 4.78 is 37.4. The number of pyridine rings is 1. The smallest absolute Gasteiger partial charge is 0.265 e. The Hall–Kier alpha value is -1.96. The number of ether oxygens (including phenoxy) is 1. The lowest BCUT2D eigenvalue weighted by Gasteiger charge is -2.10. The number of aliphatic hydroxyl groups excluding tert-OH is 1. The van der Waals surface area contributed by atoms with E-state index in [0.29, 0.717) is 12.3 Å². The minimum Gasteiger partial charge on any atom is -0.491 e. The lowest BCUT2D eigenvalue weighted by Crippen LogP contribution is -2.41. The van der Waals surface area contributed by atoms with Crippen LogP contribution in [0.1, 0.15) is 5.56 Å². The first kappa shape index (κ1) is 17.4. The van der Waals surface area contributed by atoms with E-state index >= 15 is 0 Å². The van der Waals surface area contributed by atoms with Gasteiger partial charge in [-0.05, 0) is 24.1 Å². The second-order valence-electron chi connectivity index (χ2n) is 5.22. The second kappa shape index (κ2) is 8.05. The maximum Gasteiger partial charge on any atom is 0.265 e. The van der Waals surface area contributed by atoms with E-state index in [4.69, 9.17) is 9.29 Å². The summed E-state index contributed by atoms with van der Waals surface area (Å²) >= 11 is 0. The Balaban J connectivity index is 1.80. The highest BCUT2D eigenvalue weighted by Crippen LogP contribution is 2.08. The minimum absolute atomic E-state index is 0.182. The van der Waals surface area contributed by atoms with Crippen LogP contribution in [-0.4, -0.2) is 36.5 Å². The van der Waals surface area contributed by atoms with Gasteiger partial charge in [0.2, 0.25) is 0 Å². The van der Waals surface area contributed by atoms with Crippen LogP contribution in [0.2, 0.25) is 0 Å². The van der Waals surface area contributed by atoms with Gasteiger partial charge in [0.1, 0.15) is 18.5 Å². The Bertz CT molecular complexity index is 701. The molecular formula is C16H20NO5S+. The molecule has 2 rings (SSSR count). The Kier molecular flexibility index (Phi) is 6.09. The minimum atomic E-state index is -3.95. The van der Waals surface area contributed by atoms with Crippen molar-refractivity contribution in [1.82, 2.24) is 0 Å². The first-order valence-corrected chi connectivity index (χ1v) is 8.82. The molecule has 0 radical (unpaired) electrons. The molecule has 7 heteroatoms. The molecule has 0 spiro atoms. The number of aromatic nitrogens is 1. The molecule has 0 aliphatic heterocycles. The summed E-state index contributed by atoms with van der Waals surface area (Å²) in [6.07, 6.45) is 3.10. The highest BCUT2D eigenvalue weighted by Gasteiger charge is 2.12. The van der Waals surface area contributed by atoms with Crippen molar-refractivity contribution >= 4 is 10.1 Å². The summed E-state index contributed by atoms with van der Waals surface area (Å²) in [7, 11) is -3.95. The number of benzene rings is 1. The molecule has 0 saturated carbocycles. The Morgan fingerprint density at radius 3 is 2.35 bits per heavy atom. The van der Waals surface area contributed by atoms with E-state index in [1.165, 1.54) is 0 Å². The van der Waals surface area contributed by atoms with Crippen molar-refractivity contribution in [2.24, 2.45) is 0 Å². The van der Waals surface area contributed by atoms with Crippen LogP contribution in [0, 0.1) is 0 Å². The fourth-order valence-corrected chi connectivity index (χ4v) is 2.52. The number of aliphatic hydroxyl groups is 1. The maximum absolute atomic E-state index is 10.7. The highest BCUT2D eigenvalue weighted by atomic mass is 32.2. The van der Waals surface area contributed by atoms with Gasteiger partial charge in [-0.1, -0.05) is 18.2 Å². The lowest BCUT2D eigenvalue weighted by atomic mass is 10.2. The normalized spacial score (nSPS) is 12.8. The molecule has 2 N–H and O–H groups in total. The Morgan fingerprint density at radius 2 is 1.74 bits per heavy atom. The third-order valence-electron chi connectivity index (χ3n) is 3.22. The molecule has 6 nitrogen and oxygen atoms in total. The van der Waals surface area contributed by atoms with Gasteiger partial charge in [0.25, 0.3) is 10.1 Å². The molecule has 1 unspecified atom stereocenters. The van der Waals surface area contributed by atoms with Crippen molar-refractivity contribution in [1.29, 1.82) is 0 Å². The molecule has 23 heavy (non-hydrogen) atoms. The van der Waals surface area contributed by atoms with Crippen LogP contribution in [0.3, 0.4) is 0 Å². The quantitative estimate of drug-likeness (QED) is 0.550. The standard InChI is InChI=1S/C16H19NO5S/c18-15(13-22-16-4-2-1-3-5-16)12-17-9-6-14(7-10-17)8-11-23(19,20)21/h1-7,9-10,15,18H,8,11-13H2/p+1. The average Bonchev–Trinajstić information content (AvgIpc) is 2.53. The van der Waals surface area contributed by atoms with Gasteiger partial charge in [0.05, 0.1) is 5.75 Å². The summed E-state index contributed by atoms with van der Waals surface area (Å²) in [5, 5.41) is 9.99. The van der Waals surface area contributed by atoms with E-state index in [0.717, 1.165) is 5.56 Å². The molecule has 124 valence electrons. The first-order valence-electron chi connectivity index (χ1n) is 7.21. The van der Waals surface area contributed by atoms with Gasteiger partial charge < -0.3 is 9.84 Å². The number of nitrogens with zero attached hydrogens (tertiary/aromatic N) is 1. The van der Waals surface area contributed by atoms with Crippen LogP contribution in [0.15, 0.2) is 54.9 Å². The van der Waals surface area contributed by atoms with Crippen LogP contribution in [-0.2, 0) is 23.1 Å². The van der Waals surface area contributed by atoms with Crippen molar-refractivity contribution in [2.45, 2.75) is 19.1 Å². The highest BCUT2D eigenvalue weighted by molar-refractivity contribution is 7.85. The van der Waals surface area contributed by atoms with Crippen LogP contribution in [0.25, 0.3) is 0 Å². The monoisotopic (exact) mass is 338 g/mol. The van der Waals surface area contributed by atoms with Gasteiger partial charge in [-0.25, -0.2) is 4.57 Å². The number of rotatable bonds is 8. The van der Waals surface area contributed by atoms with Crippen molar-refractivity contribution < 1.29 is 27.4 Å². The molecule has 0 amide bonds. The van der Waals surface area contributed by atoms with Gasteiger partial charge in [0, 0.05) is 12.1 Å². The zero-order valence-electron chi connectivity index (χ0n) is 12.6. The largest absolute Gasteiger partial charge is 0.491 e. The zero-order chi connectivity index (χ0) is 16.7. The van der Waals surface area contributed by atoms with Gasteiger partial charge >= 0.3 is 0 Å². The van der Waals surface area contributed by atoms with E-state index in [9.17, 15) is 13.5 Å². The van der Waals surface area contributed by atoms with E-state index in [2.05, 4.69) is 0 Å². The molecule has 1 aromatic carbocycles. The van der Waals surface area contributed by atoms with E-state index < -0.39 is 16.2 Å². The zero-order valence-corrected chi connectivity index (χ0v) is 13.4. The molecule has 0 bridgehead atoms. The first-order chi connectivity index (χ1) is 10.9. The SMILES string of the molecule is O=S(=O)(O)CCc1cc[n+](CC(O)COc2ccccc2)cc1. The molecule has 1 aromatic heterocycles. The molecule has 0 aliphatic rings. The van der Waals surface area contributed by atoms with E-state index in [-0.39, 0.29) is 18.8 Å². The van der Waals surface area contributed by atoms with Gasteiger partial charge in [0.15, 0.2) is 18.9 Å². The molecule has 0 aliphatic carbocycles. The molecular weight excluding hydrogens is 318 g/mol. The summed E-state index contributed by atoms with van der Waals surface area (Å²) in [5.74, 6) is 0.405. The number of hydrogen-bond donors (Lipinski definition) is 2. The molecule has 2 aromatic rings. The third-order valence-corrected chi connectivity index (χ3v) is 3.94. The van der Waals surface area contributed by atoms with Gasteiger partial charge in [-0.3, -0.25) is 4.55 Å². The van der Waals surface area contributed by atoms with Crippen LogP contribution in [0.4, 0.5) is 0 Å². The average molecular weight is 338 g/mol. The second-order valence-corrected chi connectivity index (χ2v) is 6.79. The lowest BCUT2D eigenvalue weighted by molar-refractivity contribution is -0.703. The number of aryl methyl sites for hydroxylation is 1. The van der Waals surface area contributed by atoms with Crippen LogP contribution < -0.4 is 9.30 Å². The molecule has 0 fully saturated rings. The maximum atomic E-state index is 10.7. The molecule has 1 atom stereocenters. The summed E-state index contributed by atoms with van der Waals surface area (Å²) in [4.78, 5) is 0. The topological polar surface area (TPSA) is 87.7 Å². The van der Waals surface area contributed by atoms with E-state index in [1.54, 1.807) is 29.1 Å². The van der Waals surface area contributed by atoms with Gasteiger partial charge in [-0.2, -0.15) is 8.42 Å². The van der Waals surface area contributed by atoms with Crippen molar-refractivity contribution in [3.8, 4) is 5.75 Å². The van der Waals surface area contributed by atoms with Crippen molar-refractivity contribution in [3.63, 3.8) is 0 Å². The summed E-state index contributed by atoms with van der Waals surface area (Å²) in [5.41, 5.74) is 0.800. The fourth-order valence-electron chi connectivity index (χ4n) is 2.03. The van der Waals surface area contributed by atoms with Crippen molar-refractivity contribution in [2.75, 3.05) is 12.4 Å². The molecule has 0 saturated heterocycles.